The summed E-state index contributed by atoms with van der Waals surface area (Å²) >= 11 is 0. The second-order valence-electron chi connectivity index (χ2n) is 4.94. The third-order valence-electron chi connectivity index (χ3n) is 2.37. The first-order valence-electron chi connectivity index (χ1n) is 5.65. The molecule has 18 heavy (non-hydrogen) atoms. The van der Waals surface area contributed by atoms with Crippen LogP contribution in [-0.4, -0.2) is 26.1 Å². The number of nitrogens with one attached hydrogen (secondary N) is 1. The molecular formula is C12H19NO4S. The van der Waals surface area contributed by atoms with Gasteiger partial charge in [-0.05, 0) is 5.56 Å². The first-order valence-corrected chi connectivity index (χ1v) is 7.01. The van der Waals surface area contributed by atoms with Crippen molar-refractivity contribution in [1.29, 1.82) is 0 Å². The highest BCUT2D eigenvalue weighted by molar-refractivity contribution is 7.80. The minimum Gasteiger partial charge on any atom is -0.312 e. The Labute approximate surface area is 108 Å². The van der Waals surface area contributed by atoms with E-state index in [1.165, 1.54) is 0 Å². The zero-order valence-electron chi connectivity index (χ0n) is 10.6. The van der Waals surface area contributed by atoms with Gasteiger partial charge in [-0.15, -0.1) is 0 Å². The Balaban J connectivity index is 2.33. The maximum Gasteiger partial charge on any atom is 0.397 e. The Hall–Kier alpha value is -0.950. The Morgan fingerprint density at radius 3 is 2.44 bits per heavy atom. The molecule has 102 valence electrons. The summed E-state index contributed by atoms with van der Waals surface area (Å²) in [6.07, 6.45) is 0. The summed E-state index contributed by atoms with van der Waals surface area (Å²) in [7, 11) is -4.36. The van der Waals surface area contributed by atoms with E-state index in [1.807, 2.05) is 44.2 Å². The molecule has 0 aliphatic heterocycles. The van der Waals surface area contributed by atoms with E-state index < -0.39 is 10.4 Å². The molecule has 0 spiro atoms. The maximum absolute atomic E-state index is 10.5. The smallest absolute Gasteiger partial charge is 0.312 e. The highest BCUT2D eigenvalue weighted by Crippen LogP contribution is 2.15. The second kappa shape index (κ2) is 6.29. The van der Waals surface area contributed by atoms with Crippen LogP contribution in [0, 0.1) is 5.41 Å². The summed E-state index contributed by atoms with van der Waals surface area (Å²) in [4.78, 5) is 0. The molecule has 0 aliphatic carbocycles. The van der Waals surface area contributed by atoms with E-state index in [0.717, 1.165) is 5.56 Å². The monoisotopic (exact) mass is 273 g/mol. The first kappa shape index (κ1) is 15.1. The molecule has 0 saturated carbocycles. The zero-order valence-corrected chi connectivity index (χ0v) is 11.4. The summed E-state index contributed by atoms with van der Waals surface area (Å²) in [5, 5.41) is 3.22. The molecule has 1 aromatic carbocycles. The third kappa shape index (κ3) is 6.70. The summed E-state index contributed by atoms with van der Waals surface area (Å²) in [6, 6.07) is 9.89. The average molecular weight is 273 g/mol. The van der Waals surface area contributed by atoms with Crippen LogP contribution in [-0.2, 0) is 21.1 Å². The summed E-state index contributed by atoms with van der Waals surface area (Å²) in [6.45, 7) is 4.94. The van der Waals surface area contributed by atoms with Gasteiger partial charge in [-0.1, -0.05) is 44.2 Å². The van der Waals surface area contributed by atoms with Crippen molar-refractivity contribution in [2.24, 2.45) is 5.41 Å². The van der Waals surface area contributed by atoms with Crippen LogP contribution in [0.25, 0.3) is 0 Å². The van der Waals surface area contributed by atoms with Gasteiger partial charge in [-0.2, -0.15) is 8.42 Å². The molecule has 0 saturated heterocycles. The van der Waals surface area contributed by atoms with Crippen LogP contribution in [0.4, 0.5) is 0 Å². The van der Waals surface area contributed by atoms with Gasteiger partial charge >= 0.3 is 10.4 Å². The van der Waals surface area contributed by atoms with Gasteiger partial charge in [0.2, 0.25) is 0 Å². The molecule has 1 rings (SSSR count). The van der Waals surface area contributed by atoms with E-state index in [2.05, 4.69) is 9.50 Å². The highest BCUT2D eigenvalue weighted by atomic mass is 32.3. The van der Waals surface area contributed by atoms with Crippen molar-refractivity contribution < 1.29 is 17.2 Å². The van der Waals surface area contributed by atoms with Gasteiger partial charge in [-0.25, -0.2) is 4.18 Å². The Bertz CT molecular complexity index is 456. The molecule has 5 nitrogen and oxygen atoms in total. The van der Waals surface area contributed by atoms with Crippen LogP contribution in [0.3, 0.4) is 0 Å². The van der Waals surface area contributed by atoms with Crippen LogP contribution in [0.1, 0.15) is 19.4 Å². The van der Waals surface area contributed by atoms with Crippen molar-refractivity contribution in [3.8, 4) is 0 Å². The number of hydrogen-bond donors (Lipinski definition) is 2. The Morgan fingerprint density at radius 1 is 1.28 bits per heavy atom. The van der Waals surface area contributed by atoms with Gasteiger partial charge < -0.3 is 5.32 Å². The van der Waals surface area contributed by atoms with E-state index >= 15 is 0 Å². The van der Waals surface area contributed by atoms with Gasteiger partial charge in [0.15, 0.2) is 0 Å². The molecule has 0 radical (unpaired) electrons. The summed E-state index contributed by atoms with van der Waals surface area (Å²) in [5.74, 6) is 0. The molecule has 0 heterocycles. The molecule has 0 aromatic heterocycles. The van der Waals surface area contributed by atoms with Crippen molar-refractivity contribution in [2.45, 2.75) is 20.4 Å². The van der Waals surface area contributed by atoms with Crippen LogP contribution in [0.15, 0.2) is 30.3 Å². The van der Waals surface area contributed by atoms with Crippen molar-refractivity contribution in [3.63, 3.8) is 0 Å². The number of rotatable bonds is 7. The van der Waals surface area contributed by atoms with Crippen LogP contribution >= 0.6 is 0 Å². The largest absolute Gasteiger partial charge is 0.397 e. The molecule has 0 aliphatic rings. The highest BCUT2D eigenvalue weighted by Gasteiger charge is 2.21. The fourth-order valence-corrected chi connectivity index (χ4v) is 1.89. The lowest BCUT2D eigenvalue weighted by Crippen LogP contribution is -2.33. The van der Waals surface area contributed by atoms with Crippen molar-refractivity contribution in [1.82, 2.24) is 5.32 Å². The molecule has 0 bridgehead atoms. The fraction of sp³-hybridized carbons (Fsp3) is 0.500. The van der Waals surface area contributed by atoms with Gasteiger partial charge in [0.25, 0.3) is 0 Å². The summed E-state index contributed by atoms with van der Waals surface area (Å²) < 4.78 is 33.9. The van der Waals surface area contributed by atoms with Gasteiger partial charge in [-0.3, -0.25) is 4.55 Å². The number of benzene rings is 1. The van der Waals surface area contributed by atoms with Crippen molar-refractivity contribution in [3.05, 3.63) is 35.9 Å². The lowest BCUT2D eigenvalue weighted by Gasteiger charge is -2.23. The molecule has 0 unspecified atom stereocenters. The van der Waals surface area contributed by atoms with Crippen LogP contribution < -0.4 is 5.32 Å². The normalized spacial score (nSPS) is 12.6. The summed E-state index contributed by atoms with van der Waals surface area (Å²) in [5.41, 5.74) is 0.772. The Morgan fingerprint density at radius 2 is 1.89 bits per heavy atom. The Kier molecular flexibility index (Phi) is 5.28. The zero-order chi connectivity index (χ0) is 13.6. The lowest BCUT2D eigenvalue weighted by atomic mass is 9.95. The van der Waals surface area contributed by atoms with Gasteiger partial charge in [0.05, 0.1) is 6.61 Å². The first-order chi connectivity index (χ1) is 8.29. The van der Waals surface area contributed by atoms with Crippen molar-refractivity contribution in [2.75, 3.05) is 13.2 Å². The SMILES string of the molecule is CC(C)(CNCc1ccccc1)COS(=O)(=O)O. The van der Waals surface area contributed by atoms with Gasteiger partial charge in [0.1, 0.15) is 0 Å². The van der Waals surface area contributed by atoms with Crippen LogP contribution in [0.5, 0.6) is 0 Å². The van der Waals surface area contributed by atoms with Crippen molar-refractivity contribution >= 4 is 10.4 Å². The van der Waals surface area contributed by atoms with E-state index in [0.29, 0.717) is 13.1 Å². The minimum atomic E-state index is -4.36. The third-order valence-corrected chi connectivity index (χ3v) is 2.79. The van der Waals surface area contributed by atoms with Crippen LogP contribution in [0.2, 0.25) is 0 Å². The number of hydrogen-bond acceptors (Lipinski definition) is 4. The molecule has 0 amide bonds. The standard InChI is InChI=1S/C12H19NO4S/c1-12(2,10-17-18(14,15)16)9-13-8-11-6-4-3-5-7-11/h3-7,13H,8-10H2,1-2H3,(H,14,15,16). The second-order valence-corrected chi connectivity index (χ2v) is 6.03. The predicted octanol–water partition coefficient (Wildman–Crippen LogP) is 1.62. The molecule has 2 N–H and O–H groups in total. The average Bonchev–Trinajstić information content (AvgIpc) is 2.27. The van der Waals surface area contributed by atoms with E-state index in [-0.39, 0.29) is 12.0 Å². The molecule has 1 aromatic rings. The molecule has 0 fully saturated rings. The van der Waals surface area contributed by atoms with E-state index in [4.69, 9.17) is 4.55 Å². The molecule has 0 atom stereocenters. The maximum atomic E-state index is 10.5. The van der Waals surface area contributed by atoms with Gasteiger partial charge in [0, 0.05) is 18.5 Å². The van der Waals surface area contributed by atoms with E-state index in [1.54, 1.807) is 0 Å². The predicted molar refractivity (Wildman–Crippen MR) is 69.4 cm³/mol. The molecular weight excluding hydrogens is 254 g/mol. The topological polar surface area (TPSA) is 75.6 Å². The molecule has 6 heteroatoms. The lowest BCUT2D eigenvalue weighted by molar-refractivity contribution is 0.163. The quantitative estimate of drug-likeness (QED) is 0.738. The fourth-order valence-electron chi connectivity index (χ4n) is 1.43. The van der Waals surface area contributed by atoms with E-state index in [9.17, 15) is 8.42 Å². The minimum absolute atomic E-state index is 0.0619.